The van der Waals surface area contributed by atoms with Crippen molar-refractivity contribution in [2.75, 3.05) is 0 Å². The van der Waals surface area contributed by atoms with Gasteiger partial charge in [-0.05, 0) is 63.3 Å². The molecule has 0 aliphatic rings. The fourth-order valence-electron chi connectivity index (χ4n) is 2.44. The normalized spacial score (nSPS) is 11.4. The number of carbonyl (C=O) groups excluding carboxylic acids is 1. The molecule has 3 rings (SSSR count). The Morgan fingerprint density at radius 1 is 1.27 bits per heavy atom. The molecule has 0 atom stereocenters. The number of benzene rings is 1. The Hall–Kier alpha value is -3.22. The molecule has 6 nitrogen and oxygen atoms in total. The first kappa shape index (κ1) is 17.6. The van der Waals surface area contributed by atoms with Crippen LogP contribution in [0.5, 0.6) is 0 Å². The van der Waals surface area contributed by atoms with Crippen molar-refractivity contribution in [1.29, 1.82) is 0 Å². The van der Waals surface area contributed by atoms with Crippen molar-refractivity contribution in [3.8, 4) is 11.3 Å². The average molecular weight is 354 g/mol. The van der Waals surface area contributed by atoms with Gasteiger partial charge in [0.25, 0.3) is 5.91 Å². The summed E-state index contributed by atoms with van der Waals surface area (Å²) >= 11 is 0. The van der Waals surface area contributed by atoms with Crippen LogP contribution in [0.25, 0.3) is 23.4 Å². The summed E-state index contributed by atoms with van der Waals surface area (Å²) in [6, 6.07) is 7.75. The lowest BCUT2D eigenvalue weighted by Gasteiger charge is -2.04. The zero-order valence-corrected chi connectivity index (χ0v) is 14.7. The van der Waals surface area contributed by atoms with Crippen LogP contribution in [-0.2, 0) is 0 Å². The molecule has 2 N–H and O–H groups in total. The monoisotopic (exact) mass is 354 g/mol. The molecule has 26 heavy (non-hydrogen) atoms. The molecule has 2 heterocycles. The summed E-state index contributed by atoms with van der Waals surface area (Å²) in [6.45, 7) is 5.57. The number of aromatic amines is 1. The number of aryl methyl sites for hydroxylation is 1. The molecule has 0 saturated carbocycles. The molecule has 0 unspecified atom stereocenters. The minimum Gasteiger partial charge on any atom is -0.360 e. The molecule has 1 aromatic carbocycles. The van der Waals surface area contributed by atoms with Gasteiger partial charge in [0.2, 0.25) is 0 Å². The van der Waals surface area contributed by atoms with E-state index >= 15 is 0 Å². The van der Waals surface area contributed by atoms with E-state index in [9.17, 15) is 9.18 Å². The SMILES string of the molecule is Cc1onc(-c2ccc(F)cc2)c1/C=C/c1cc(C(=O)NC(C)C)n[nH]1. The van der Waals surface area contributed by atoms with Crippen LogP contribution in [0.2, 0.25) is 0 Å². The van der Waals surface area contributed by atoms with Crippen LogP contribution in [0.15, 0.2) is 34.9 Å². The number of H-pyrrole nitrogens is 1. The second kappa shape index (κ2) is 7.35. The third-order valence-corrected chi connectivity index (χ3v) is 3.71. The van der Waals surface area contributed by atoms with Gasteiger partial charge in [0.05, 0.1) is 5.69 Å². The first-order chi connectivity index (χ1) is 12.4. The van der Waals surface area contributed by atoms with Crippen molar-refractivity contribution < 1.29 is 13.7 Å². The number of rotatable bonds is 5. The highest BCUT2D eigenvalue weighted by Crippen LogP contribution is 2.27. The van der Waals surface area contributed by atoms with Crippen LogP contribution in [0.4, 0.5) is 4.39 Å². The van der Waals surface area contributed by atoms with Gasteiger partial charge >= 0.3 is 0 Å². The van der Waals surface area contributed by atoms with Crippen molar-refractivity contribution in [2.24, 2.45) is 0 Å². The van der Waals surface area contributed by atoms with E-state index in [1.54, 1.807) is 31.2 Å². The van der Waals surface area contributed by atoms with Crippen LogP contribution < -0.4 is 5.32 Å². The van der Waals surface area contributed by atoms with Gasteiger partial charge in [0.15, 0.2) is 5.69 Å². The summed E-state index contributed by atoms with van der Waals surface area (Å²) in [7, 11) is 0. The van der Waals surface area contributed by atoms with Gasteiger partial charge in [-0.3, -0.25) is 9.89 Å². The zero-order chi connectivity index (χ0) is 18.7. The molecule has 0 aliphatic heterocycles. The minimum absolute atomic E-state index is 0.0381. The number of nitrogens with zero attached hydrogens (tertiary/aromatic N) is 2. The number of carbonyl (C=O) groups is 1. The molecular formula is C19H19FN4O2. The van der Waals surface area contributed by atoms with E-state index in [1.165, 1.54) is 12.1 Å². The molecule has 0 aliphatic carbocycles. The van der Waals surface area contributed by atoms with E-state index in [4.69, 9.17) is 4.52 Å². The molecule has 0 fully saturated rings. The van der Waals surface area contributed by atoms with Gasteiger partial charge in [0.1, 0.15) is 17.3 Å². The number of hydrogen-bond acceptors (Lipinski definition) is 4. The van der Waals surface area contributed by atoms with E-state index in [-0.39, 0.29) is 17.8 Å². The standard InChI is InChI=1S/C19H19FN4O2/c1-11(2)21-19(25)17-10-15(22-23-17)8-9-16-12(3)26-24-18(16)13-4-6-14(20)7-5-13/h4-11H,1-3H3,(H,21,25)(H,22,23)/b9-8+. The second-order valence-corrected chi connectivity index (χ2v) is 6.18. The Morgan fingerprint density at radius 2 is 2.00 bits per heavy atom. The summed E-state index contributed by atoms with van der Waals surface area (Å²) in [5, 5.41) is 13.7. The van der Waals surface area contributed by atoms with Gasteiger partial charge in [-0.2, -0.15) is 5.10 Å². The average Bonchev–Trinajstić information content (AvgIpc) is 3.20. The van der Waals surface area contributed by atoms with Crippen LogP contribution in [0.1, 0.15) is 41.4 Å². The lowest BCUT2D eigenvalue weighted by molar-refractivity contribution is 0.0938. The lowest BCUT2D eigenvalue weighted by Crippen LogP contribution is -2.30. The van der Waals surface area contributed by atoms with E-state index in [0.29, 0.717) is 22.8 Å². The molecule has 2 aromatic heterocycles. The molecule has 0 saturated heterocycles. The number of hydrogen-bond donors (Lipinski definition) is 2. The number of nitrogens with one attached hydrogen (secondary N) is 2. The quantitative estimate of drug-likeness (QED) is 0.729. The summed E-state index contributed by atoms with van der Waals surface area (Å²) in [5.74, 6) is 0.0950. The molecule has 7 heteroatoms. The van der Waals surface area contributed by atoms with Crippen molar-refractivity contribution >= 4 is 18.1 Å². The van der Waals surface area contributed by atoms with Gasteiger partial charge in [-0.15, -0.1) is 0 Å². The minimum atomic E-state index is -0.310. The maximum absolute atomic E-state index is 13.1. The Kier molecular flexibility index (Phi) is 4.97. The largest absolute Gasteiger partial charge is 0.360 e. The molecule has 0 spiro atoms. The Bertz CT molecular complexity index is 939. The molecule has 3 aromatic rings. The summed E-state index contributed by atoms with van der Waals surface area (Å²) in [4.78, 5) is 11.9. The molecule has 1 amide bonds. The van der Waals surface area contributed by atoms with E-state index in [2.05, 4.69) is 20.7 Å². The molecular weight excluding hydrogens is 335 g/mol. The summed E-state index contributed by atoms with van der Waals surface area (Å²) in [6.07, 6.45) is 3.61. The summed E-state index contributed by atoms with van der Waals surface area (Å²) < 4.78 is 18.4. The first-order valence-corrected chi connectivity index (χ1v) is 8.20. The van der Waals surface area contributed by atoms with E-state index in [0.717, 1.165) is 11.1 Å². The fraction of sp³-hybridized carbons (Fsp3) is 0.211. The highest BCUT2D eigenvalue weighted by molar-refractivity contribution is 5.93. The zero-order valence-electron chi connectivity index (χ0n) is 14.7. The third kappa shape index (κ3) is 3.88. The van der Waals surface area contributed by atoms with Gasteiger partial charge < -0.3 is 9.84 Å². The topological polar surface area (TPSA) is 83.8 Å². The Labute approximate surface area is 150 Å². The molecule has 0 bridgehead atoms. The number of amides is 1. The van der Waals surface area contributed by atoms with Crippen LogP contribution >= 0.6 is 0 Å². The lowest BCUT2D eigenvalue weighted by atomic mass is 10.1. The first-order valence-electron chi connectivity index (χ1n) is 8.20. The van der Waals surface area contributed by atoms with Crippen molar-refractivity contribution in [1.82, 2.24) is 20.7 Å². The number of aromatic nitrogens is 3. The fourth-order valence-corrected chi connectivity index (χ4v) is 2.44. The Balaban J connectivity index is 1.83. The van der Waals surface area contributed by atoms with Crippen LogP contribution in [0.3, 0.4) is 0 Å². The molecule has 134 valence electrons. The van der Waals surface area contributed by atoms with Gasteiger partial charge in [-0.1, -0.05) is 5.16 Å². The second-order valence-electron chi connectivity index (χ2n) is 6.18. The maximum Gasteiger partial charge on any atom is 0.271 e. The van der Waals surface area contributed by atoms with Crippen molar-refractivity contribution in [3.05, 3.63) is 58.9 Å². The Morgan fingerprint density at radius 3 is 2.69 bits per heavy atom. The molecule has 0 radical (unpaired) electrons. The van der Waals surface area contributed by atoms with Crippen LogP contribution in [0, 0.1) is 12.7 Å². The van der Waals surface area contributed by atoms with Gasteiger partial charge in [0, 0.05) is 17.2 Å². The highest BCUT2D eigenvalue weighted by atomic mass is 19.1. The number of halogens is 1. The third-order valence-electron chi connectivity index (χ3n) is 3.71. The predicted octanol–water partition coefficient (Wildman–Crippen LogP) is 3.82. The predicted molar refractivity (Wildman–Crippen MR) is 96.8 cm³/mol. The summed E-state index contributed by atoms with van der Waals surface area (Å²) in [5.41, 5.74) is 3.14. The highest BCUT2D eigenvalue weighted by Gasteiger charge is 2.13. The van der Waals surface area contributed by atoms with E-state index in [1.807, 2.05) is 19.9 Å². The van der Waals surface area contributed by atoms with Crippen LogP contribution in [-0.4, -0.2) is 27.3 Å². The maximum atomic E-state index is 13.1. The van der Waals surface area contributed by atoms with Gasteiger partial charge in [-0.25, -0.2) is 4.39 Å². The smallest absolute Gasteiger partial charge is 0.271 e. The van der Waals surface area contributed by atoms with Crippen molar-refractivity contribution in [3.63, 3.8) is 0 Å². The van der Waals surface area contributed by atoms with Crippen molar-refractivity contribution in [2.45, 2.75) is 26.8 Å². The van der Waals surface area contributed by atoms with E-state index < -0.39 is 0 Å².